The Morgan fingerprint density at radius 1 is 1.54 bits per heavy atom. The molecule has 1 amide bonds. The zero-order valence-electron chi connectivity index (χ0n) is 6.34. The topological polar surface area (TPSA) is 56.0 Å². The highest BCUT2D eigenvalue weighted by Gasteiger charge is 1.98. The largest absolute Gasteiger partial charge is 0.359 e. The number of hydrogen-bond donors (Lipinski definition) is 1. The lowest BCUT2D eigenvalue weighted by molar-refractivity contribution is -0.112. The molecule has 0 unspecified atom stereocenters. The van der Waals surface area contributed by atoms with Gasteiger partial charge in [-0.25, -0.2) is 4.98 Å². The Morgan fingerprint density at radius 3 is 2.77 bits per heavy atom. The summed E-state index contributed by atoms with van der Waals surface area (Å²) in [5.41, 5.74) is 5.09. The number of aromatic nitrogens is 1. The maximum absolute atomic E-state index is 10.3. The van der Waals surface area contributed by atoms with Crippen molar-refractivity contribution in [2.75, 3.05) is 0 Å². The molecule has 1 heterocycles. The molecule has 1 aromatic rings. The average molecular weight is 215 g/mol. The van der Waals surface area contributed by atoms with Crippen molar-refractivity contribution >= 4 is 29.1 Å². The second-order valence-electron chi connectivity index (χ2n) is 2.10. The van der Waals surface area contributed by atoms with Crippen LogP contribution < -0.4 is 5.73 Å². The van der Waals surface area contributed by atoms with Crippen molar-refractivity contribution < 1.29 is 4.79 Å². The van der Waals surface area contributed by atoms with Crippen LogP contribution in [0.2, 0.25) is 10.0 Å². The predicted molar refractivity (Wildman–Crippen MR) is 50.3 cm³/mol. The quantitative estimate of drug-likeness (QED) is 0.661. The van der Waals surface area contributed by atoms with Gasteiger partial charge in [-0.1, -0.05) is 23.2 Å². The molecule has 1 aromatic heterocycles. The van der Waals surface area contributed by atoms with Crippen molar-refractivity contribution in [2.45, 2.75) is 0 Å². The summed E-state index contributed by atoms with van der Waals surface area (Å²) in [7, 11) is 0. The molecule has 2 N–H and O–H groups in total. The van der Waals surface area contributed by atoms with E-state index >= 15 is 0 Å². The van der Waals surface area contributed by atoms with Crippen LogP contribution in [0, 0.1) is 11.8 Å². The van der Waals surface area contributed by atoms with Gasteiger partial charge in [0.05, 0.1) is 10.0 Å². The maximum Gasteiger partial charge on any atom is 0.293 e. The van der Waals surface area contributed by atoms with E-state index in [1.54, 1.807) is 0 Å². The van der Waals surface area contributed by atoms with Crippen LogP contribution in [0.4, 0.5) is 0 Å². The molecule has 3 nitrogen and oxygen atoms in total. The van der Waals surface area contributed by atoms with E-state index in [1.807, 2.05) is 0 Å². The number of carbonyl (C=O) groups is 1. The summed E-state index contributed by atoms with van der Waals surface area (Å²) >= 11 is 11.3. The number of nitrogens with zero attached hydrogens (tertiary/aromatic N) is 1. The molecule has 0 bridgehead atoms. The van der Waals surface area contributed by atoms with Crippen molar-refractivity contribution in [3.05, 3.63) is 28.0 Å². The van der Waals surface area contributed by atoms with Gasteiger partial charge < -0.3 is 5.73 Å². The van der Waals surface area contributed by atoms with Crippen LogP contribution >= 0.6 is 23.2 Å². The Hall–Kier alpha value is -1.24. The molecule has 0 aliphatic carbocycles. The lowest BCUT2D eigenvalue weighted by Crippen LogP contribution is -2.06. The van der Waals surface area contributed by atoms with E-state index in [1.165, 1.54) is 12.3 Å². The molecule has 0 saturated heterocycles. The summed E-state index contributed by atoms with van der Waals surface area (Å²) in [4.78, 5) is 14.1. The Bertz CT molecular complexity index is 406. The molecule has 0 aliphatic rings. The molecular weight excluding hydrogens is 211 g/mol. The summed E-state index contributed by atoms with van der Waals surface area (Å²) in [6, 6.07) is 1.49. The number of rotatable bonds is 0. The van der Waals surface area contributed by atoms with Gasteiger partial charge in [0.25, 0.3) is 5.91 Å². The molecular formula is C8H4Cl2N2O. The highest BCUT2D eigenvalue weighted by Crippen LogP contribution is 2.17. The Labute approximate surface area is 84.9 Å². The molecule has 0 radical (unpaired) electrons. The molecule has 0 saturated carbocycles. The Balaban J connectivity index is 3.05. The second kappa shape index (κ2) is 4.13. The first-order valence-corrected chi connectivity index (χ1v) is 3.97. The predicted octanol–water partition coefficient (Wildman–Crippen LogP) is 1.23. The second-order valence-corrected chi connectivity index (χ2v) is 2.94. The van der Waals surface area contributed by atoms with Crippen LogP contribution in [0.5, 0.6) is 0 Å². The Kier molecular flexibility index (Phi) is 3.13. The van der Waals surface area contributed by atoms with Crippen molar-refractivity contribution in [3.8, 4) is 11.8 Å². The molecule has 5 heteroatoms. The van der Waals surface area contributed by atoms with E-state index < -0.39 is 5.91 Å². The van der Waals surface area contributed by atoms with E-state index in [9.17, 15) is 4.79 Å². The number of halogens is 2. The minimum Gasteiger partial charge on any atom is -0.359 e. The first kappa shape index (κ1) is 9.85. The average Bonchev–Trinajstić information content (AvgIpc) is 2.02. The highest BCUT2D eigenvalue weighted by molar-refractivity contribution is 6.35. The normalized spacial score (nSPS) is 8.77. The zero-order valence-corrected chi connectivity index (χ0v) is 7.86. The number of pyridine rings is 1. The van der Waals surface area contributed by atoms with Gasteiger partial charge in [0.15, 0.2) is 0 Å². The van der Waals surface area contributed by atoms with Crippen LogP contribution in [0.25, 0.3) is 0 Å². The zero-order chi connectivity index (χ0) is 9.84. The summed E-state index contributed by atoms with van der Waals surface area (Å²) in [6.07, 6.45) is 1.39. The minimum absolute atomic E-state index is 0.282. The van der Waals surface area contributed by atoms with Crippen LogP contribution in [0.15, 0.2) is 12.3 Å². The molecule has 0 spiro atoms. The lowest BCUT2D eigenvalue weighted by Gasteiger charge is -1.93. The highest BCUT2D eigenvalue weighted by atomic mass is 35.5. The fraction of sp³-hybridized carbons (Fsp3) is 0. The molecule has 13 heavy (non-hydrogen) atoms. The van der Waals surface area contributed by atoms with Gasteiger partial charge in [0, 0.05) is 12.1 Å². The van der Waals surface area contributed by atoms with E-state index in [4.69, 9.17) is 28.9 Å². The minimum atomic E-state index is -0.729. The van der Waals surface area contributed by atoms with E-state index in [2.05, 4.69) is 16.8 Å². The summed E-state index contributed by atoms with van der Waals surface area (Å²) in [6.45, 7) is 0. The number of primary amides is 1. The summed E-state index contributed by atoms with van der Waals surface area (Å²) in [5.74, 6) is 3.81. The van der Waals surface area contributed by atoms with Crippen molar-refractivity contribution in [1.82, 2.24) is 4.98 Å². The van der Waals surface area contributed by atoms with Crippen LogP contribution in [-0.2, 0) is 4.79 Å². The van der Waals surface area contributed by atoms with Crippen LogP contribution in [-0.4, -0.2) is 10.9 Å². The number of carbonyl (C=O) groups excluding carboxylic acids is 1. The van der Waals surface area contributed by atoms with Gasteiger partial charge in [-0.05, 0) is 12.0 Å². The first-order chi connectivity index (χ1) is 6.09. The van der Waals surface area contributed by atoms with E-state index in [-0.39, 0.29) is 5.69 Å². The molecule has 0 fully saturated rings. The van der Waals surface area contributed by atoms with E-state index in [0.29, 0.717) is 10.0 Å². The summed E-state index contributed by atoms with van der Waals surface area (Å²) < 4.78 is 0. The third kappa shape index (κ3) is 2.94. The lowest BCUT2D eigenvalue weighted by atomic mass is 10.3. The third-order valence-corrected chi connectivity index (χ3v) is 1.61. The van der Waals surface area contributed by atoms with E-state index in [0.717, 1.165) is 0 Å². The smallest absolute Gasteiger partial charge is 0.293 e. The monoisotopic (exact) mass is 214 g/mol. The first-order valence-electron chi connectivity index (χ1n) is 3.22. The van der Waals surface area contributed by atoms with Crippen LogP contribution in [0.3, 0.4) is 0 Å². The number of nitrogens with two attached hydrogens (primary N) is 1. The van der Waals surface area contributed by atoms with Gasteiger partial charge in [-0.3, -0.25) is 4.79 Å². The van der Waals surface area contributed by atoms with Gasteiger partial charge >= 0.3 is 0 Å². The molecule has 0 atom stereocenters. The molecule has 0 aromatic carbocycles. The maximum atomic E-state index is 10.3. The van der Waals surface area contributed by atoms with Gasteiger partial charge in [0.2, 0.25) is 0 Å². The van der Waals surface area contributed by atoms with Crippen molar-refractivity contribution in [3.63, 3.8) is 0 Å². The molecule has 66 valence electrons. The van der Waals surface area contributed by atoms with Crippen LogP contribution in [0.1, 0.15) is 5.69 Å². The van der Waals surface area contributed by atoms with Crippen molar-refractivity contribution in [1.29, 1.82) is 0 Å². The van der Waals surface area contributed by atoms with Crippen molar-refractivity contribution in [2.24, 2.45) is 5.73 Å². The fourth-order valence-corrected chi connectivity index (χ4v) is 1.05. The van der Waals surface area contributed by atoms with Gasteiger partial charge in [-0.2, -0.15) is 0 Å². The number of amides is 1. The molecule has 1 rings (SSSR count). The molecule has 0 aliphatic heterocycles. The number of hydrogen-bond acceptors (Lipinski definition) is 2. The summed E-state index contributed by atoms with van der Waals surface area (Å²) in [5, 5.41) is 0.705. The fourth-order valence-electron chi connectivity index (χ4n) is 0.627. The SMILES string of the molecule is NC(=O)C#Cc1ncc(Cl)cc1Cl. The van der Waals surface area contributed by atoms with Gasteiger partial charge in [-0.15, -0.1) is 0 Å². The standard InChI is InChI=1S/C8H4Cl2N2O/c9-5-3-6(10)7(12-4-5)1-2-8(11)13/h3-4H,(H2,11,13). The van der Waals surface area contributed by atoms with Gasteiger partial charge in [0.1, 0.15) is 5.69 Å². The third-order valence-electron chi connectivity index (χ3n) is 1.11. The Morgan fingerprint density at radius 2 is 2.23 bits per heavy atom.